The lowest BCUT2D eigenvalue weighted by Crippen LogP contribution is -2.19. The lowest BCUT2D eigenvalue weighted by atomic mass is 9.99. The Labute approximate surface area is 128 Å². The van der Waals surface area contributed by atoms with Crippen molar-refractivity contribution in [3.63, 3.8) is 0 Å². The van der Waals surface area contributed by atoms with E-state index in [4.69, 9.17) is 0 Å². The van der Waals surface area contributed by atoms with Gasteiger partial charge in [0.25, 0.3) is 0 Å². The van der Waals surface area contributed by atoms with Crippen LogP contribution in [0.5, 0.6) is 0 Å². The number of nitrogens with one attached hydrogen (secondary N) is 1. The standard InChI is InChI=1S/C20H25N/c1-14-8-9-15(2)20(12-14)16(3)21-13-18-6-4-5-7-19(18)17-10-11-17/h4-9,12,16-17,21H,10-11,13H2,1-3H3. The third-order valence-corrected chi connectivity index (χ3v) is 4.57. The summed E-state index contributed by atoms with van der Waals surface area (Å²) in [7, 11) is 0. The molecule has 1 atom stereocenters. The molecule has 0 bridgehead atoms. The Balaban J connectivity index is 1.71. The summed E-state index contributed by atoms with van der Waals surface area (Å²) in [4.78, 5) is 0. The van der Waals surface area contributed by atoms with E-state index in [0.717, 1.165) is 12.5 Å². The van der Waals surface area contributed by atoms with Gasteiger partial charge in [-0.3, -0.25) is 0 Å². The van der Waals surface area contributed by atoms with Crippen molar-refractivity contribution < 1.29 is 0 Å². The Kier molecular flexibility index (Phi) is 4.12. The molecule has 0 radical (unpaired) electrons. The average molecular weight is 279 g/mol. The highest BCUT2D eigenvalue weighted by atomic mass is 14.9. The minimum atomic E-state index is 0.386. The van der Waals surface area contributed by atoms with Crippen LogP contribution in [0.1, 0.15) is 59.5 Å². The first-order valence-electron chi connectivity index (χ1n) is 8.03. The van der Waals surface area contributed by atoms with E-state index >= 15 is 0 Å². The number of aryl methyl sites for hydroxylation is 2. The van der Waals surface area contributed by atoms with Crippen LogP contribution < -0.4 is 5.32 Å². The molecular weight excluding hydrogens is 254 g/mol. The molecule has 110 valence electrons. The first-order valence-corrected chi connectivity index (χ1v) is 8.03. The van der Waals surface area contributed by atoms with Crippen LogP contribution in [0.2, 0.25) is 0 Å². The van der Waals surface area contributed by atoms with E-state index < -0.39 is 0 Å². The van der Waals surface area contributed by atoms with Gasteiger partial charge in [0.2, 0.25) is 0 Å². The number of benzene rings is 2. The van der Waals surface area contributed by atoms with Crippen LogP contribution in [0.25, 0.3) is 0 Å². The fraction of sp³-hybridized carbons (Fsp3) is 0.400. The van der Waals surface area contributed by atoms with Crippen LogP contribution in [0.15, 0.2) is 42.5 Å². The van der Waals surface area contributed by atoms with E-state index in [0.29, 0.717) is 6.04 Å². The molecule has 0 amide bonds. The molecule has 1 saturated carbocycles. The third-order valence-electron chi connectivity index (χ3n) is 4.57. The Morgan fingerprint density at radius 3 is 2.62 bits per heavy atom. The third kappa shape index (κ3) is 3.36. The molecule has 1 fully saturated rings. The maximum absolute atomic E-state index is 3.71. The summed E-state index contributed by atoms with van der Waals surface area (Å²) in [5.74, 6) is 0.819. The molecule has 2 aromatic rings. The molecule has 1 unspecified atom stereocenters. The normalized spacial score (nSPS) is 16.0. The van der Waals surface area contributed by atoms with Crippen LogP contribution in [0, 0.1) is 13.8 Å². The van der Waals surface area contributed by atoms with Gasteiger partial charge in [0.15, 0.2) is 0 Å². The first-order chi connectivity index (χ1) is 10.1. The van der Waals surface area contributed by atoms with Crippen molar-refractivity contribution in [3.05, 3.63) is 70.3 Å². The maximum atomic E-state index is 3.71. The van der Waals surface area contributed by atoms with E-state index in [-0.39, 0.29) is 0 Å². The summed E-state index contributed by atoms with van der Waals surface area (Å²) in [6, 6.07) is 16.0. The highest BCUT2D eigenvalue weighted by Gasteiger charge is 2.25. The van der Waals surface area contributed by atoms with Gasteiger partial charge < -0.3 is 5.32 Å². The summed E-state index contributed by atoms with van der Waals surface area (Å²) in [5.41, 5.74) is 7.15. The van der Waals surface area contributed by atoms with Crippen LogP contribution >= 0.6 is 0 Å². The van der Waals surface area contributed by atoms with E-state index in [2.05, 4.69) is 68.6 Å². The molecule has 1 nitrogen and oxygen atoms in total. The van der Waals surface area contributed by atoms with Gasteiger partial charge in [-0.25, -0.2) is 0 Å². The molecule has 1 aliphatic rings. The topological polar surface area (TPSA) is 12.0 Å². The molecule has 0 saturated heterocycles. The number of hydrogen-bond acceptors (Lipinski definition) is 1. The lowest BCUT2D eigenvalue weighted by Gasteiger charge is -2.18. The largest absolute Gasteiger partial charge is 0.306 e. The Morgan fingerprint density at radius 1 is 1.10 bits per heavy atom. The van der Waals surface area contributed by atoms with Gasteiger partial charge in [0.1, 0.15) is 0 Å². The van der Waals surface area contributed by atoms with Crippen molar-refractivity contribution in [2.24, 2.45) is 0 Å². The minimum absolute atomic E-state index is 0.386. The van der Waals surface area contributed by atoms with Crippen molar-refractivity contribution in [3.8, 4) is 0 Å². The Morgan fingerprint density at radius 2 is 1.86 bits per heavy atom. The Hall–Kier alpha value is -1.60. The highest BCUT2D eigenvalue weighted by Crippen LogP contribution is 2.41. The SMILES string of the molecule is Cc1ccc(C)c(C(C)NCc2ccccc2C2CC2)c1. The van der Waals surface area contributed by atoms with Crippen molar-refractivity contribution in [1.29, 1.82) is 0 Å². The zero-order chi connectivity index (χ0) is 14.8. The van der Waals surface area contributed by atoms with Crippen molar-refractivity contribution in [2.45, 2.75) is 52.1 Å². The van der Waals surface area contributed by atoms with E-state index in [1.54, 1.807) is 5.56 Å². The van der Waals surface area contributed by atoms with Crippen molar-refractivity contribution in [2.75, 3.05) is 0 Å². The molecule has 0 heterocycles. The zero-order valence-corrected chi connectivity index (χ0v) is 13.3. The maximum Gasteiger partial charge on any atom is 0.0297 e. The molecule has 0 aromatic heterocycles. The molecule has 1 heteroatoms. The zero-order valence-electron chi connectivity index (χ0n) is 13.3. The van der Waals surface area contributed by atoms with Crippen molar-refractivity contribution >= 4 is 0 Å². The summed E-state index contributed by atoms with van der Waals surface area (Å²) in [6.07, 6.45) is 2.73. The molecule has 0 spiro atoms. The van der Waals surface area contributed by atoms with Gasteiger partial charge >= 0.3 is 0 Å². The Bertz CT molecular complexity index is 625. The monoisotopic (exact) mass is 279 g/mol. The molecular formula is C20H25N. The summed E-state index contributed by atoms with van der Waals surface area (Å²) < 4.78 is 0. The summed E-state index contributed by atoms with van der Waals surface area (Å²) in [6.45, 7) is 7.59. The second-order valence-electron chi connectivity index (χ2n) is 6.44. The van der Waals surface area contributed by atoms with Gasteiger partial charge in [-0.05, 0) is 61.8 Å². The minimum Gasteiger partial charge on any atom is -0.306 e. The molecule has 21 heavy (non-hydrogen) atoms. The predicted octanol–water partition coefficient (Wildman–Crippen LogP) is 5.03. The summed E-state index contributed by atoms with van der Waals surface area (Å²) >= 11 is 0. The van der Waals surface area contributed by atoms with Gasteiger partial charge in [-0.15, -0.1) is 0 Å². The van der Waals surface area contributed by atoms with Gasteiger partial charge in [-0.2, -0.15) is 0 Å². The summed E-state index contributed by atoms with van der Waals surface area (Å²) in [5, 5.41) is 3.71. The van der Waals surface area contributed by atoms with Crippen LogP contribution in [0.3, 0.4) is 0 Å². The fourth-order valence-electron chi connectivity index (χ4n) is 3.09. The van der Waals surface area contributed by atoms with E-state index in [9.17, 15) is 0 Å². The molecule has 0 aliphatic heterocycles. The lowest BCUT2D eigenvalue weighted by molar-refractivity contribution is 0.569. The molecule has 3 rings (SSSR count). The molecule has 1 aliphatic carbocycles. The van der Waals surface area contributed by atoms with E-state index in [1.807, 2.05) is 0 Å². The second kappa shape index (κ2) is 6.03. The molecule has 2 aromatic carbocycles. The van der Waals surface area contributed by atoms with Gasteiger partial charge in [0.05, 0.1) is 0 Å². The second-order valence-corrected chi connectivity index (χ2v) is 6.44. The number of rotatable bonds is 5. The number of hydrogen-bond donors (Lipinski definition) is 1. The predicted molar refractivity (Wildman–Crippen MR) is 89.6 cm³/mol. The average Bonchev–Trinajstić information content (AvgIpc) is 3.32. The van der Waals surface area contributed by atoms with Gasteiger partial charge in [-0.1, -0.05) is 48.0 Å². The highest BCUT2D eigenvalue weighted by molar-refractivity contribution is 5.35. The smallest absolute Gasteiger partial charge is 0.0297 e. The fourth-order valence-corrected chi connectivity index (χ4v) is 3.09. The van der Waals surface area contributed by atoms with Crippen LogP contribution in [-0.4, -0.2) is 0 Å². The van der Waals surface area contributed by atoms with E-state index in [1.165, 1.54) is 35.1 Å². The van der Waals surface area contributed by atoms with Crippen LogP contribution in [-0.2, 0) is 6.54 Å². The first kappa shape index (κ1) is 14.3. The quantitative estimate of drug-likeness (QED) is 0.809. The van der Waals surface area contributed by atoms with Crippen molar-refractivity contribution in [1.82, 2.24) is 5.32 Å². The van der Waals surface area contributed by atoms with Crippen LogP contribution in [0.4, 0.5) is 0 Å². The molecule has 1 N–H and O–H groups in total. The van der Waals surface area contributed by atoms with Gasteiger partial charge in [0, 0.05) is 12.6 Å².